The molecule has 0 radical (unpaired) electrons. The number of nitrogens with one attached hydrogen (secondary N) is 3. The van der Waals surface area contributed by atoms with Crippen LogP contribution in [0.5, 0.6) is 0 Å². The zero-order valence-electron chi connectivity index (χ0n) is 18.6. The lowest BCUT2D eigenvalue weighted by molar-refractivity contribution is -0.117. The minimum Gasteiger partial charge on any atom is -0.324 e. The van der Waals surface area contributed by atoms with Gasteiger partial charge in [-0.1, -0.05) is 0 Å². The molecule has 0 aromatic carbocycles. The predicted molar refractivity (Wildman–Crippen MR) is 135 cm³/mol. The Bertz CT molecular complexity index is 1770. The summed E-state index contributed by atoms with van der Waals surface area (Å²) in [7, 11) is 0. The van der Waals surface area contributed by atoms with E-state index in [0.29, 0.717) is 39.4 Å². The first-order valence-corrected chi connectivity index (χ1v) is 12.3. The van der Waals surface area contributed by atoms with Crippen molar-refractivity contribution in [1.29, 1.82) is 0 Å². The van der Waals surface area contributed by atoms with Gasteiger partial charge in [-0.25, -0.2) is 14.4 Å². The maximum Gasteiger partial charge on any atom is 0.227 e. The van der Waals surface area contributed by atoms with E-state index in [2.05, 4.69) is 35.5 Å². The van der Waals surface area contributed by atoms with E-state index in [1.165, 1.54) is 18.6 Å². The van der Waals surface area contributed by atoms with Gasteiger partial charge in [-0.05, 0) is 47.4 Å². The number of aromatic amines is 2. The molecular weight excluding hydrogens is 479 g/mol. The molecule has 0 saturated heterocycles. The molecule has 1 amide bonds. The van der Waals surface area contributed by atoms with Gasteiger partial charge in [-0.15, -0.1) is 0 Å². The van der Waals surface area contributed by atoms with Crippen molar-refractivity contribution in [2.75, 3.05) is 5.32 Å². The molecular formula is C25H17FN8OS. The second-order valence-corrected chi connectivity index (χ2v) is 9.44. The number of halogens is 1. The molecule has 0 unspecified atom stereocenters. The van der Waals surface area contributed by atoms with E-state index >= 15 is 4.39 Å². The number of imidazole rings is 1. The number of hydrogen-bond donors (Lipinski definition) is 3. The number of aromatic nitrogens is 7. The van der Waals surface area contributed by atoms with Gasteiger partial charge in [0.05, 0.1) is 29.0 Å². The first-order valence-electron chi connectivity index (χ1n) is 11.3. The molecule has 0 spiro atoms. The normalized spacial score (nSPS) is 13.5. The zero-order valence-corrected chi connectivity index (χ0v) is 19.4. The second-order valence-electron chi connectivity index (χ2n) is 8.66. The van der Waals surface area contributed by atoms with E-state index in [4.69, 9.17) is 4.98 Å². The van der Waals surface area contributed by atoms with Gasteiger partial charge in [0.15, 0.2) is 17.3 Å². The van der Waals surface area contributed by atoms with Gasteiger partial charge < -0.3 is 10.3 Å². The van der Waals surface area contributed by atoms with E-state index < -0.39 is 5.82 Å². The summed E-state index contributed by atoms with van der Waals surface area (Å²) < 4.78 is 15.9. The number of thiophene rings is 1. The summed E-state index contributed by atoms with van der Waals surface area (Å²) in [5.74, 6) is -0.163. The number of fused-ring (bicyclic) bond motifs is 2. The van der Waals surface area contributed by atoms with Crippen molar-refractivity contribution < 1.29 is 9.18 Å². The van der Waals surface area contributed by atoms with E-state index in [1.54, 1.807) is 23.6 Å². The molecule has 1 saturated carbocycles. The minimum atomic E-state index is -0.560. The molecule has 0 atom stereocenters. The van der Waals surface area contributed by atoms with Crippen LogP contribution in [0.15, 0.2) is 53.7 Å². The number of pyridine rings is 3. The lowest BCUT2D eigenvalue weighted by Crippen LogP contribution is -2.13. The summed E-state index contributed by atoms with van der Waals surface area (Å²) in [6, 6.07) is 5.59. The highest BCUT2D eigenvalue weighted by molar-refractivity contribution is 7.08. The molecule has 11 heteroatoms. The fourth-order valence-electron chi connectivity index (χ4n) is 4.25. The molecule has 6 aromatic rings. The maximum absolute atomic E-state index is 15.9. The van der Waals surface area contributed by atoms with Gasteiger partial charge in [0.1, 0.15) is 16.9 Å². The van der Waals surface area contributed by atoms with Crippen LogP contribution >= 0.6 is 11.3 Å². The number of H-pyrrole nitrogens is 2. The van der Waals surface area contributed by atoms with Gasteiger partial charge in [0, 0.05) is 29.4 Å². The van der Waals surface area contributed by atoms with E-state index in [0.717, 1.165) is 24.0 Å². The van der Waals surface area contributed by atoms with Crippen molar-refractivity contribution in [2.45, 2.75) is 12.8 Å². The Kier molecular flexibility index (Phi) is 4.64. The van der Waals surface area contributed by atoms with Crippen LogP contribution in [0.3, 0.4) is 0 Å². The summed E-state index contributed by atoms with van der Waals surface area (Å²) in [5.41, 5.74) is 5.05. The third-order valence-electron chi connectivity index (χ3n) is 6.21. The smallest absolute Gasteiger partial charge is 0.227 e. The molecule has 7 rings (SSSR count). The third-order valence-corrected chi connectivity index (χ3v) is 6.90. The second kappa shape index (κ2) is 8.02. The number of nitrogens with zero attached hydrogens (tertiary/aromatic N) is 5. The zero-order chi connectivity index (χ0) is 24.2. The number of anilines is 1. The highest BCUT2D eigenvalue weighted by Crippen LogP contribution is 2.35. The highest BCUT2D eigenvalue weighted by Gasteiger charge is 2.29. The Morgan fingerprint density at radius 2 is 2.03 bits per heavy atom. The van der Waals surface area contributed by atoms with Crippen molar-refractivity contribution in [3.8, 4) is 33.9 Å². The quantitative estimate of drug-likeness (QED) is 0.302. The van der Waals surface area contributed by atoms with Crippen molar-refractivity contribution in [3.05, 3.63) is 59.6 Å². The van der Waals surface area contributed by atoms with Crippen molar-refractivity contribution in [2.24, 2.45) is 5.92 Å². The first-order chi connectivity index (χ1) is 17.7. The number of carbonyl (C=O) groups excluding carboxylic acids is 1. The van der Waals surface area contributed by atoms with E-state index in [-0.39, 0.29) is 22.9 Å². The average Bonchev–Trinajstić information content (AvgIpc) is 3.27. The largest absolute Gasteiger partial charge is 0.324 e. The Labute approximate surface area is 206 Å². The van der Waals surface area contributed by atoms with Crippen LogP contribution in [0.4, 0.5) is 10.1 Å². The SMILES string of the molecule is O=C(Nc1cncc(-c2ncc3[nH]nc(-c4nc5c(-c6ccsc6)ccnc5[nH]4)c3c2F)c1)C1CC1. The van der Waals surface area contributed by atoms with Crippen molar-refractivity contribution in [1.82, 2.24) is 35.1 Å². The van der Waals surface area contributed by atoms with Crippen LogP contribution in [-0.2, 0) is 4.79 Å². The third kappa shape index (κ3) is 3.43. The van der Waals surface area contributed by atoms with Crippen LogP contribution < -0.4 is 5.32 Å². The number of amides is 1. The molecule has 6 heterocycles. The molecule has 176 valence electrons. The fourth-order valence-corrected chi connectivity index (χ4v) is 4.90. The number of rotatable bonds is 5. The molecule has 9 nitrogen and oxygen atoms in total. The standard InChI is InChI=1S/C25H17FN8OS/c26-19-18-17(10-29-20(19)14-7-15(9-27-8-14)30-25(35)12-1-2-12)33-34-22(18)24-31-21-16(13-4-6-36-11-13)3-5-28-23(21)32-24/h3-12H,1-2H2,(H,30,35)(H,33,34)(H,28,31,32). The summed E-state index contributed by atoms with van der Waals surface area (Å²) in [6.45, 7) is 0. The molecule has 1 fully saturated rings. The lowest BCUT2D eigenvalue weighted by atomic mass is 10.1. The predicted octanol–water partition coefficient (Wildman–Crippen LogP) is 5.17. The molecule has 3 N–H and O–H groups in total. The van der Waals surface area contributed by atoms with Crippen molar-refractivity contribution >= 4 is 45.0 Å². The van der Waals surface area contributed by atoms with E-state index in [9.17, 15) is 4.79 Å². The molecule has 1 aliphatic rings. The van der Waals surface area contributed by atoms with Crippen LogP contribution in [-0.4, -0.2) is 41.0 Å². The monoisotopic (exact) mass is 496 g/mol. The van der Waals surface area contributed by atoms with Gasteiger partial charge >= 0.3 is 0 Å². The Balaban J connectivity index is 1.32. The summed E-state index contributed by atoms with van der Waals surface area (Å²) in [4.78, 5) is 32.9. The summed E-state index contributed by atoms with van der Waals surface area (Å²) in [5, 5.41) is 14.3. The summed E-state index contributed by atoms with van der Waals surface area (Å²) >= 11 is 1.60. The van der Waals surface area contributed by atoms with Crippen LogP contribution in [0, 0.1) is 11.7 Å². The van der Waals surface area contributed by atoms with Crippen molar-refractivity contribution in [3.63, 3.8) is 0 Å². The first kappa shape index (κ1) is 20.8. The van der Waals surface area contributed by atoms with Gasteiger partial charge in [-0.2, -0.15) is 16.4 Å². The van der Waals surface area contributed by atoms with Crippen LogP contribution in [0.25, 0.3) is 56.0 Å². The summed E-state index contributed by atoms with van der Waals surface area (Å²) in [6.07, 6.45) is 8.07. The minimum absolute atomic E-state index is 0.0460. The van der Waals surface area contributed by atoms with Gasteiger partial charge in [0.25, 0.3) is 0 Å². The number of hydrogen-bond acceptors (Lipinski definition) is 7. The number of carbonyl (C=O) groups is 1. The Hall–Kier alpha value is -4.51. The van der Waals surface area contributed by atoms with Crippen LogP contribution in [0.2, 0.25) is 0 Å². The maximum atomic E-state index is 15.9. The Morgan fingerprint density at radius 3 is 2.86 bits per heavy atom. The average molecular weight is 497 g/mol. The molecule has 6 aromatic heterocycles. The van der Waals surface area contributed by atoms with Gasteiger partial charge in [-0.3, -0.25) is 19.9 Å². The molecule has 1 aliphatic carbocycles. The van der Waals surface area contributed by atoms with E-state index in [1.807, 2.05) is 22.9 Å². The molecule has 0 aliphatic heterocycles. The lowest BCUT2D eigenvalue weighted by Gasteiger charge is -2.07. The highest BCUT2D eigenvalue weighted by atomic mass is 32.1. The topological polar surface area (TPSA) is 125 Å². The molecule has 36 heavy (non-hydrogen) atoms. The fraction of sp³-hybridized carbons (Fsp3) is 0.120. The van der Waals surface area contributed by atoms with Crippen LogP contribution in [0.1, 0.15) is 12.8 Å². The Morgan fingerprint density at radius 1 is 1.11 bits per heavy atom. The molecule has 0 bridgehead atoms. The van der Waals surface area contributed by atoms with Gasteiger partial charge in [0.2, 0.25) is 5.91 Å².